The molecule has 0 spiro atoms. The number of thioether (sulfide) groups is 1. The fourth-order valence-electron chi connectivity index (χ4n) is 3.43. The van der Waals surface area contributed by atoms with E-state index in [2.05, 4.69) is 16.3 Å². The minimum absolute atomic E-state index is 0.123. The van der Waals surface area contributed by atoms with E-state index in [-0.39, 0.29) is 4.75 Å². The maximum absolute atomic E-state index is 12.5. The van der Waals surface area contributed by atoms with Gasteiger partial charge in [-0.2, -0.15) is 24.5 Å². The Morgan fingerprint density at radius 1 is 1.24 bits per heavy atom. The number of nitrogens with one attached hydrogen (secondary N) is 2. The van der Waals surface area contributed by atoms with Crippen molar-refractivity contribution in [3.8, 4) is 0 Å². The molecule has 1 saturated heterocycles. The van der Waals surface area contributed by atoms with Crippen LogP contribution in [0.3, 0.4) is 0 Å². The predicted octanol–water partition coefficient (Wildman–Crippen LogP) is 1.43. The van der Waals surface area contributed by atoms with E-state index in [0.717, 1.165) is 32.2 Å². The lowest BCUT2D eigenvalue weighted by molar-refractivity contribution is 0.268. The number of piperidine rings is 1. The fourth-order valence-corrected chi connectivity index (χ4v) is 5.77. The summed E-state index contributed by atoms with van der Waals surface area (Å²) in [5.41, 5.74) is 0. The summed E-state index contributed by atoms with van der Waals surface area (Å²) in [5, 5.41) is 3.18. The fraction of sp³-hybridized carbons (Fsp3) is 1.00. The van der Waals surface area contributed by atoms with Gasteiger partial charge in [0.25, 0.3) is 10.2 Å². The zero-order valence-corrected chi connectivity index (χ0v) is 14.9. The van der Waals surface area contributed by atoms with Crippen LogP contribution in [-0.2, 0) is 10.2 Å². The molecule has 0 bridgehead atoms. The Labute approximate surface area is 133 Å². The van der Waals surface area contributed by atoms with E-state index >= 15 is 0 Å². The predicted molar refractivity (Wildman–Crippen MR) is 89.9 cm³/mol. The summed E-state index contributed by atoms with van der Waals surface area (Å²) < 4.78 is 29.5. The van der Waals surface area contributed by atoms with E-state index in [1.165, 1.54) is 12.8 Å². The molecule has 0 unspecified atom stereocenters. The van der Waals surface area contributed by atoms with Gasteiger partial charge in [0, 0.05) is 24.4 Å². The molecule has 124 valence electrons. The maximum atomic E-state index is 12.5. The quantitative estimate of drug-likeness (QED) is 0.739. The second kappa shape index (κ2) is 7.64. The van der Waals surface area contributed by atoms with E-state index < -0.39 is 10.2 Å². The van der Waals surface area contributed by atoms with Gasteiger partial charge in [0.2, 0.25) is 0 Å². The first-order chi connectivity index (χ1) is 10.0. The minimum Gasteiger partial charge on any atom is -0.319 e. The third-order valence-electron chi connectivity index (χ3n) is 4.93. The topological polar surface area (TPSA) is 61.4 Å². The molecule has 2 aliphatic rings. The van der Waals surface area contributed by atoms with Crippen molar-refractivity contribution >= 4 is 22.0 Å². The molecule has 0 radical (unpaired) electrons. The number of hydrogen-bond acceptors (Lipinski definition) is 4. The Morgan fingerprint density at radius 3 is 2.38 bits per heavy atom. The zero-order valence-electron chi connectivity index (χ0n) is 13.2. The Balaban J connectivity index is 1.85. The molecule has 7 heteroatoms. The van der Waals surface area contributed by atoms with Crippen LogP contribution in [0.15, 0.2) is 0 Å². The highest BCUT2D eigenvalue weighted by molar-refractivity contribution is 8.00. The van der Waals surface area contributed by atoms with Crippen LogP contribution in [0.2, 0.25) is 0 Å². The molecule has 1 aliphatic heterocycles. The molecular formula is C14H29N3O2S2. The normalized spacial score (nSPS) is 24.5. The lowest BCUT2D eigenvalue weighted by atomic mass is 9.98. The molecule has 1 aliphatic carbocycles. The lowest BCUT2D eigenvalue weighted by Gasteiger charge is -2.33. The molecule has 0 aromatic heterocycles. The van der Waals surface area contributed by atoms with E-state index in [4.69, 9.17) is 0 Å². The van der Waals surface area contributed by atoms with Crippen molar-refractivity contribution in [1.82, 2.24) is 14.3 Å². The number of hydrogen-bond donors (Lipinski definition) is 2. The van der Waals surface area contributed by atoms with Crippen molar-refractivity contribution in [1.29, 1.82) is 0 Å². The summed E-state index contributed by atoms with van der Waals surface area (Å²) in [6.45, 7) is 2.85. The standard InChI is InChI=1S/C14H29N3O2S2/c1-15-11-13-5-9-17(10-6-13)21(18,19)16-12-14(20-2)7-3-4-8-14/h13,15-16H,3-12H2,1-2H3. The summed E-state index contributed by atoms with van der Waals surface area (Å²) in [6.07, 6.45) is 8.70. The first kappa shape index (κ1) is 17.5. The third-order valence-corrected chi connectivity index (χ3v) is 7.90. The van der Waals surface area contributed by atoms with Gasteiger partial charge >= 0.3 is 0 Å². The molecule has 0 atom stereocenters. The average Bonchev–Trinajstić information content (AvgIpc) is 2.96. The lowest BCUT2D eigenvalue weighted by Crippen LogP contribution is -2.49. The van der Waals surface area contributed by atoms with Crippen molar-refractivity contribution in [3.63, 3.8) is 0 Å². The molecular weight excluding hydrogens is 306 g/mol. The third kappa shape index (κ3) is 4.58. The molecule has 2 N–H and O–H groups in total. The smallest absolute Gasteiger partial charge is 0.279 e. The first-order valence-corrected chi connectivity index (χ1v) is 10.6. The van der Waals surface area contributed by atoms with Gasteiger partial charge in [0.1, 0.15) is 0 Å². The average molecular weight is 336 g/mol. The van der Waals surface area contributed by atoms with Crippen LogP contribution in [0.5, 0.6) is 0 Å². The number of nitrogens with zero attached hydrogens (tertiary/aromatic N) is 1. The van der Waals surface area contributed by atoms with Gasteiger partial charge in [0.15, 0.2) is 0 Å². The highest BCUT2D eigenvalue weighted by atomic mass is 32.2. The highest BCUT2D eigenvalue weighted by Crippen LogP contribution is 2.39. The van der Waals surface area contributed by atoms with Gasteiger partial charge in [-0.05, 0) is 51.4 Å². The molecule has 1 saturated carbocycles. The Morgan fingerprint density at radius 2 is 1.86 bits per heavy atom. The monoisotopic (exact) mass is 335 g/mol. The number of rotatable bonds is 7. The summed E-state index contributed by atoms with van der Waals surface area (Å²) >= 11 is 1.82. The summed E-state index contributed by atoms with van der Waals surface area (Å²) in [5.74, 6) is 0.605. The van der Waals surface area contributed by atoms with E-state index in [1.54, 1.807) is 4.31 Å². The van der Waals surface area contributed by atoms with Crippen LogP contribution in [0.25, 0.3) is 0 Å². The highest BCUT2D eigenvalue weighted by Gasteiger charge is 2.35. The molecule has 0 aromatic carbocycles. The van der Waals surface area contributed by atoms with Crippen LogP contribution >= 0.6 is 11.8 Å². The van der Waals surface area contributed by atoms with Crippen molar-refractivity contribution in [2.75, 3.05) is 39.5 Å². The maximum Gasteiger partial charge on any atom is 0.279 e. The molecule has 0 amide bonds. The van der Waals surface area contributed by atoms with Gasteiger partial charge < -0.3 is 5.32 Å². The van der Waals surface area contributed by atoms with Crippen LogP contribution in [0.4, 0.5) is 0 Å². The van der Waals surface area contributed by atoms with Gasteiger partial charge in [-0.15, -0.1) is 0 Å². The largest absolute Gasteiger partial charge is 0.319 e. The van der Waals surface area contributed by atoms with Crippen molar-refractivity contribution in [2.45, 2.75) is 43.3 Å². The summed E-state index contributed by atoms with van der Waals surface area (Å²) in [7, 11) is -1.36. The van der Waals surface area contributed by atoms with Gasteiger partial charge in [-0.25, -0.2) is 4.72 Å². The van der Waals surface area contributed by atoms with E-state index in [1.807, 2.05) is 18.8 Å². The van der Waals surface area contributed by atoms with Crippen molar-refractivity contribution < 1.29 is 8.42 Å². The first-order valence-electron chi connectivity index (χ1n) is 7.96. The second-order valence-electron chi connectivity index (χ2n) is 6.32. The molecule has 1 heterocycles. The van der Waals surface area contributed by atoms with Gasteiger partial charge in [-0.3, -0.25) is 0 Å². The van der Waals surface area contributed by atoms with Crippen molar-refractivity contribution in [2.24, 2.45) is 5.92 Å². The van der Waals surface area contributed by atoms with Gasteiger partial charge in [-0.1, -0.05) is 12.8 Å². The zero-order chi connectivity index (χ0) is 15.3. The SMILES string of the molecule is CNCC1CCN(S(=O)(=O)NCC2(SC)CCCC2)CC1. The van der Waals surface area contributed by atoms with E-state index in [0.29, 0.717) is 25.6 Å². The molecule has 2 fully saturated rings. The summed E-state index contributed by atoms with van der Waals surface area (Å²) in [6, 6.07) is 0. The molecule has 2 rings (SSSR count). The molecule has 21 heavy (non-hydrogen) atoms. The van der Waals surface area contributed by atoms with Gasteiger partial charge in [0.05, 0.1) is 0 Å². The second-order valence-corrected chi connectivity index (χ2v) is 9.35. The Bertz CT molecular complexity index is 414. The Hall–Kier alpha value is 0.180. The Kier molecular flexibility index (Phi) is 6.38. The summed E-state index contributed by atoms with van der Waals surface area (Å²) in [4.78, 5) is 0. The van der Waals surface area contributed by atoms with Crippen LogP contribution in [-0.4, -0.2) is 57.0 Å². The molecule has 0 aromatic rings. The van der Waals surface area contributed by atoms with Crippen LogP contribution in [0, 0.1) is 5.92 Å². The van der Waals surface area contributed by atoms with Crippen LogP contribution in [0.1, 0.15) is 38.5 Å². The minimum atomic E-state index is -3.31. The molecule has 5 nitrogen and oxygen atoms in total. The van der Waals surface area contributed by atoms with Crippen molar-refractivity contribution in [3.05, 3.63) is 0 Å². The van der Waals surface area contributed by atoms with Crippen LogP contribution < -0.4 is 10.0 Å². The van der Waals surface area contributed by atoms with E-state index in [9.17, 15) is 8.42 Å².